The first-order valence-corrected chi connectivity index (χ1v) is 4.87. The predicted molar refractivity (Wildman–Crippen MR) is 59.6 cm³/mol. The second kappa shape index (κ2) is 4.96. The standard InChI is InChI=1S/C11H16N2O3/c1-11(13,10(12)15)7-16-9-4-2-8(6-14)3-5-9/h2-5,14H,6-7,13H2,1H3,(H2,12,15). The molecule has 0 bridgehead atoms. The molecule has 0 saturated carbocycles. The molecule has 0 saturated heterocycles. The maximum atomic E-state index is 10.9. The van der Waals surface area contributed by atoms with Crippen LogP contribution in [-0.2, 0) is 11.4 Å². The molecule has 5 N–H and O–H groups in total. The van der Waals surface area contributed by atoms with E-state index in [-0.39, 0.29) is 13.2 Å². The van der Waals surface area contributed by atoms with Crippen LogP contribution in [-0.4, -0.2) is 23.2 Å². The monoisotopic (exact) mass is 224 g/mol. The highest BCUT2D eigenvalue weighted by Gasteiger charge is 2.26. The maximum absolute atomic E-state index is 10.9. The number of hydrogen-bond donors (Lipinski definition) is 3. The van der Waals surface area contributed by atoms with Crippen molar-refractivity contribution in [3.05, 3.63) is 29.8 Å². The molecule has 1 aromatic rings. The summed E-state index contributed by atoms with van der Waals surface area (Å²) in [6.07, 6.45) is 0. The summed E-state index contributed by atoms with van der Waals surface area (Å²) in [5, 5.41) is 8.84. The molecule has 0 aliphatic heterocycles. The van der Waals surface area contributed by atoms with Crippen molar-refractivity contribution in [1.29, 1.82) is 0 Å². The number of hydrogen-bond acceptors (Lipinski definition) is 4. The first kappa shape index (κ1) is 12.5. The van der Waals surface area contributed by atoms with Crippen LogP contribution in [0.2, 0.25) is 0 Å². The summed E-state index contributed by atoms with van der Waals surface area (Å²) >= 11 is 0. The minimum atomic E-state index is -1.18. The number of aliphatic hydroxyl groups is 1. The van der Waals surface area contributed by atoms with Gasteiger partial charge in [-0.3, -0.25) is 4.79 Å². The molecule has 88 valence electrons. The Morgan fingerprint density at radius 3 is 2.44 bits per heavy atom. The van der Waals surface area contributed by atoms with Crippen LogP contribution >= 0.6 is 0 Å². The largest absolute Gasteiger partial charge is 0.491 e. The number of aliphatic hydroxyl groups excluding tert-OH is 1. The van der Waals surface area contributed by atoms with E-state index >= 15 is 0 Å². The average Bonchev–Trinajstić information content (AvgIpc) is 2.27. The Kier molecular flexibility index (Phi) is 3.87. The Balaban J connectivity index is 2.58. The molecule has 5 nitrogen and oxygen atoms in total. The number of rotatable bonds is 5. The lowest BCUT2D eigenvalue weighted by molar-refractivity contribution is -0.123. The van der Waals surface area contributed by atoms with E-state index in [1.165, 1.54) is 6.92 Å². The van der Waals surface area contributed by atoms with Crippen LogP contribution in [0.5, 0.6) is 5.75 Å². The fraction of sp³-hybridized carbons (Fsp3) is 0.364. The molecule has 0 heterocycles. The van der Waals surface area contributed by atoms with Gasteiger partial charge in [-0.05, 0) is 24.6 Å². The van der Waals surface area contributed by atoms with Crippen LogP contribution < -0.4 is 16.2 Å². The zero-order valence-corrected chi connectivity index (χ0v) is 9.14. The fourth-order valence-electron chi connectivity index (χ4n) is 0.995. The van der Waals surface area contributed by atoms with Gasteiger partial charge in [0.15, 0.2) is 0 Å². The van der Waals surface area contributed by atoms with Gasteiger partial charge in [-0.1, -0.05) is 12.1 Å². The molecule has 1 amide bonds. The van der Waals surface area contributed by atoms with E-state index < -0.39 is 11.4 Å². The van der Waals surface area contributed by atoms with Crippen LogP contribution in [0.1, 0.15) is 12.5 Å². The molecule has 0 aromatic heterocycles. The SMILES string of the molecule is CC(N)(COc1ccc(CO)cc1)C(N)=O. The van der Waals surface area contributed by atoms with Crippen LogP contribution in [0.4, 0.5) is 0 Å². The van der Waals surface area contributed by atoms with Gasteiger partial charge in [-0.25, -0.2) is 0 Å². The molecule has 0 aliphatic rings. The van der Waals surface area contributed by atoms with E-state index in [1.54, 1.807) is 24.3 Å². The Bertz CT molecular complexity index is 360. The third-order valence-electron chi connectivity index (χ3n) is 2.21. The highest BCUT2D eigenvalue weighted by Crippen LogP contribution is 2.13. The van der Waals surface area contributed by atoms with Crippen molar-refractivity contribution >= 4 is 5.91 Å². The molecular formula is C11H16N2O3. The van der Waals surface area contributed by atoms with E-state index in [1.807, 2.05) is 0 Å². The number of primary amides is 1. The molecule has 1 atom stereocenters. The van der Waals surface area contributed by atoms with E-state index in [9.17, 15) is 4.79 Å². The van der Waals surface area contributed by atoms with Gasteiger partial charge in [0.25, 0.3) is 0 Å². The van der Waals surface area contributed by atoms with E-state index in [2.05, 4.69) is 0 Å². The molecule has 1 aromatic carbocycles. The molecule has 0 aliphatic carbocycles. The smallest absolute Gasteiger partial charge is 0.240 e. The number of carbonyl (C=O) groups excluding carboxylic acids is 1. The van der Waals surface area contributed by atoms with Crippen molar-refractivity contribution in [2.45, 2.75) is 19.1 Å². The van der Waals surface area contributed by atoms with Gasteiger partial charge in [0.2, 0.25) is 5.91 Å². The molecule has 0 spiro atoms. The minimum absolute atomic E-state index is 0.0147. The molecule has 5 heteroatoms. The second-order valence-electron chi connectivity index (χ2n) is 3.87. The quantitative estimate of drug-likeness (QED) is 0.642. The number of nitrogens with two attached hydrogens (primary N) is 2. The lowest BCUT2D eigenvalue weighted by Gasteiger charge is -2.20. The highest BCUT2D eigenvalue weighted by molar-refractivity contribution is 5.84. The van der Waals surface area contributed by atoms with Crippen LogP contribution in [0.3, 0.4) is 0 Å². The Labute approximate surface area is 94.0 Å². The van der Waals surface area contributed by atoms with Gasteiger partial charge in [-0.2, -0.15) is 0 Å². The maximum Gasteiger partial charge on any atom is 0.240 e. The third kappa shape index (κ3) is 3.22. The minimum Gasteiger partial charge on any atom is -0.491 e. The number of carbonyl (C=O) groups is 1. The number of amides is 1. The van der Waals surface area contributed by atoms with Crippen LogP contribution in [0.25, 0.3) is 0 Å². The Hall–Kier alpha value is -1.59. The summed E-state index contributed by atoms with van der Waals surface area (Å²) in [4.78, 5) is 10.9. The van der Waals surface area contributed by atoms with Gasteiger partial charge in [-0.15, -0.1) is 0 Å². The molecule has 1 rings (SSSR count). The van der Waals surface area contributed by atoms with Gasteiger partial charge >= 0.3 is 0 Å². The highest BCUT2D eigenvalue weighted by atomic mass is 16.5. The zero-order chi connectivity index (χ0) is 12.2. The molecule has 1 unspecified atom stereocenters. The van der Waals surface area contributed by atoms with Crippen molar-refractivity contribution in [3.8, 4) is 5.75 Å². The predicted octanol–water partition coefficient (Wildman–Crippen LogP) is -0.240. The van der Waals surface area contributed by atoms with E-state index in [4.69, 9.17) is 21.3 Å². The summed E-state index contributed by atoms with van der Waals surface area (Å²) in [5.74, 6) is -0.0328. The van der Waals surface area contributed by atoms with Crippen molar-refractivity contribution in [3.63, 3.8) is 0 Å². The van der Waals surface area contributed by atoms with Gasteiger partial charge < -0.3 is 21.3 Å². The molecule has 16 heavy (non-hydrogen) atoms. The second-order valence-corrected chi connectivity index (χ2v) is 3.87. The van der Waals surface area contributed by atoms with Crippen molar-refractivity contribution in [2.24, 2.45) is 11.5 Å². The van der Waals surface area contributed by atoms with Crippen molar-refractivity contribution < 1.29 is 14.6 Å². The van der Waals surface area contributed by atoms with Gasteiger partial charge in [0, 0.05) is 0 Å². The normalized spacial score (nSPS) is 14.2. The average molecular weight is 224 g/mol. The summed E-state index contributed by atoms with van der Waals surface area (Å²) < 4.78 is 5.32. The first-order valence-electron chi connectivity index (χ1n) is 4.87. The van der Waals surface area contributed by atoms with E-state index in [0.717, 1.165) is 5.56 Å². The summed E-state index contributed by atoms with van der Waals surface area (Å²) in [5.41, 5.74) is 10.3. The van der Waals surface area contributed by atoms with Crippen molar-refractivity contribution in [2.75, 3.05) is 6.61 Å². The molecule has 0 radical (unpaired) electrons. The Morgan fingerprint density at radius 1 is 1.44 bits per heavy atom. The van der Waals surface area contributed by atoms with Gasteiger partial charge in [0.05, 0.1) is 6.61 Å². The summed E-state index contributed by atoms with van der Waals surface area (Å²) in [6.45, 7) is 1.51. The van der Waals surface area contributed by atoms with Crippen LogP contribution in [0, 0.1) is 0 Å². The molecular weight excluding hydrogens is 208 g/mol. The van der Waals surface area contributed by atoms with E-state index in [0.29, 0.717) is 5.75 Å². The lowest BCUT2D eigenvalue weighted by atomic mass is 10.1. The third-order valence-corrected chi connectivity index (χ3v) is 2.21. The van der Waals surface area contributed by atoms with Gasteiger partial charge in [0.1, 0.15) is 17.9 Å². The molecule has 0 fully saturated rings. The van der Waals surface area contributed by atoms with Crippen molar-refractivity contribution in [1.82, 2.24) is 0 Å². The Morgan fingerprint density at radius 2 is 2.00 bits per heavy atom. The first-order chi connectivity index (χ1) is 7.45. The number of ether oxygens (including phenoxy) is 1. The topological polar surface area (TPSA) is 98.6 Å². The zero-order valence-electron chi connectivity index (χ0n) is 9.14. The summed E-state index contributed by atoms with van der Waals surface area (Å²) in [7, 11) is 0. The fourth-order valence-corrected chi connectivity index (χ4v) is 0.995. The van der Waals surface area contributed by atoms with Crippen LogP contribution in [0.15, 0.2) is 24.3 Å². The summed E-state index contributed by atoms with van der Waals surface area (Å²) in [6, 6.07) is 6.85. The number of benzene rings is 1. The lowest BCUT2D eigenvalue weighted by Crippen LogP contribution is -2.53.